The summed E-state index contributed by atoms with van der Waals surface area (Å²) in [6, 6.07) is 25.0. The van der Waals surface area contributed by atoms with Crippen molar-refractivity contribution < 1.29 is 20.0 Å². The Morgan fingerprint density at radius 1 is 1.05 bits per heavy atom. The highest BCUT2D eigenvalue weighted by molar-refractivity contribution is 7.22. The maximum atomic E-state index is 11.7. The van der Waals surface area contributed by atoms with Crippen LogP contribution in [0, 0.1) is 10.1 Å². The fourth-order valence-electron chi connectivity index (χ4n) is 4.40. The van der Waals surface area contributed by atoms with Crippen LogP contribution in [0.25, 0.3) is 27.1 Å². The smallest absolute Gasteiger partial charge is 0.274 e. The Morgan fingerprint density at radius 3 is 2.59 bits per heavy atom. The van der Waals surface area contributed by atoms with Crippen LogP contribution < -0.4 is 10.8 Å². The lowest BCUT2D eigenvalue weighted by molar-refractivity contribution is -0.384. The van der Waals surface area contributed by atoms with Crippen LogP contribution in [0.3, 0.4) is 0 Å². The van der Waals surface area contributed by atoms with Crippen molar-refractivity contribution in [3.8, 4) is 0 Å². The predicted octanol–water partition coefficient (Wildman–Crippen LogP) is 6.10. The van der Waals surface area contributed by atoms with Crippen LogP contribution in [0.4, 0.5) is 10.8 Å². The molecule has 5 aromatic rings. The predicted molar refractivity (Wildman–Crippen MR) is 152 cm³/mol. The van der Waals surface area contributed by atoms with Crippen molar-refractivity contribution in [2.75, 3.05) is 11.9 Å². The van der Waals surface area contributed by atoms with E-state index in [1.54, 1.807) is 35.8 Å². The Hall–Kier alpha value is -4.64. The van der Waals surface area contributed by atoms with E-state index in [0.717, 1.165) is 27.5 Å². The summed E-state index contributed by atoms with van der Waals surface area (Å²) in [6.45, 7) is 0.364. The largest absolute Gasteiger partial charge is 0.388 e. The summed E-state index contributed by atoms with van der Waals surface area (Å²) in [5.74, 6) is -0.602. The number of hydrogen-bond acceptors (Lipinski definition) is 8. The summed E-state index contributed by atoms with van der Waals surface area (Å²) >= 11 is 1.32. The van der Waals surface area contributed by atoms with Gasteiger partial charge >= 0.3 is 0 Å². The number of hydrogen-bond donors (Lipinski definition) is 4. The Balaban J connectivity index is 1.42. The number of carbonyl (C=O) groups is 1. The van der Waals surface area contributed by atoms with Gasteiger partial charge in [0.25, 0.3) is 11.6 Å². The fourth-order valence-corrected chi connectivity index (χ4v) is 5.30. The molecule has 196 valence electrons. The molecule has 0 bridgehead atoms. The Bertz CT molecular complexity index is 1690. The van der Waals surface area contributed by atoms with E-state index >= 15 is 0 Å². The number of rotatable bonds is 9. The molecular formula is C29H24N4O5S. The van der Waals surface area contributed by atoms with Gasteiger partial charge in [-0.05, 0) is 45.7 Å². The van der Waals surface area contributed by atoms with E-state index in [1.807, 2.05) is 48.5 Å². The zero-order chi connectivity index (χ0) is 27.4. The van der Waals surface area contributed by atoms with Gasteiger partial charge in [0.05, 0.1) is 21.2 Å². The van der Waals surface area contributed by atoms with Crippen LogP contribution in [0.2, 0.25) is 0 Å². The molecule has 0 saturated heterocycles. The number of non-ortho nitro benzene ring substituents is 1. The maximum Gasteiger partial charge on any atom is 0.274 e. The topological polar surface area (TPSA) is 138 Å². The number of aliphatic hydroxyl groups is 1. The number of nitrogens with one attached hydrogen (secondary N) is 2. The number of anilines is 1. The quantitative estimate of drug-likeness (QED) is 0.101. The number of carbonyl (C=O) groups excluding carboxylic acids is 1. The number of nitrogens with zero attached hydrogens (tertiary/aromatic N) is 2. The second-order valence-corrected chi connectivity index (χ2v) is 9.97. The van der Waals surface area contributed by atoms with Crippen LogP contribution in [0.1, 0.15) is 34.0 Å². The molecule has 1 amide bonds. The Labute approximate surface area is 227 Å². The average Bonchev–Trinajstić information content (AvgIpc) is 3.38. The molecule has 0 saturated carbocycles. The molecule has 1 heterocycles. The average molecular weight is 541 g/mol. The summed E-state index contributed by atoms with van der Waals surface area (Å²) < 4.78 is 0.700. The third-order valence-electron chi connectivity index (χ3n) is 6.33. The van der Waals surface area contributed by atoms with Gasteiger partial charge in [0.15, 0.2) is 5.13 Å². The molecular weight excluding hydrogens is 516 g/mol. The summed E-state index contributed by atoms with van der Waals surface area (Å²) in [5.41, 5.74) is 5.11. The number of nitro benzene ring substituents is 1. The second-order valence-electron chi connectivity index (χ2n) is 8.94. The zero-order valence-corrected chi connectivity index (χ0v) is 21.4. The van der Waals surface area contributed by atoms with Gasteiger partial charge in [-0.3, -0.25) is 20.1 Å². The Morgan fingerprint density at radius 2 is 1.82 bits per heavy atom. The van der Waals surface area contributed by atoms with E-state index in [4.69, 9.17) is 5.21 Å². The van der Waals surface area contributed by atoms with E-state index in [2.05, 4.69) is 10.3 Å². The van der Waals surface area contributed by atoms with E-state index in [1.165, 1.54) is 23.5 Å². The lowest BCUT2D eigenvalue weighted by Gasteiger charge is -2.17. The van der Waals surface area contributed by atoms with Gasteiger partial charge in [-0.2, -0.15) is 0 Å². The number of amides is 1. The first-order valence-electron chi connectivity index (χ1n) is 12.1. The minimum Gasteiger partial charge on any atom is -0.388 e. The van der Waals surface area contributed by atoms with Gasteiger partial charge in [-0.15, -0.1) is 0 Å². The van der Waals surface area contributed by atoms with Gasteiger partial charge in [0, 0.05) is 30.7 Å². The lowest BCUT2D eigenvalue weighted by Crippen LogP contribution is -2.18. The molecule has 9 nitrogen and oxygen atoms in total. The summed E-state index contributed by atoms with van der Waals surface area (Å²) in [7, 11) is 0. The number of fused-ring (bicyclic) bond motifs is 2. The molecule has 10 heteroatoms. The van der Waals surface area contributed by atoms with Crippen molar-refractivity contribution in [2.45, 2.75) is 12.5 Å². The molecule has 1 unspecified atom stereocenters. The standard InChI is InChI=1S/C29H24N4O5S/c34-26(24-7-3-5-20-4-1-2-6-23(20)24)15-19(14-18-8-10-21(11-9-18)28(35)32-36)17-30-29-31-25-13-12-22(33(37)38)16-27(25)39-29/h1-14,16,26,34,36H,15,17H2,(H,30,31)(H,32,35). The van der Waals surface area contributed by atoms with Crippen LogP contribution in [-0.2, 0) is 0 Å². The molecule has 39 heavy (non-hydrogen) atoms. The maximum absolute atomic E-state index is 11.7. The molecule has 0 radical (unpaired) electrons. The van der Waals surface area contributed by atoms with Gasteiger partial charge in [0.1, 0.15) is 0 Å². The van der Waals surface area contributed by atoms with E-state index in [-0.39, 0.29) is 5.69 Å². The lowest BCUT2D eigenvalue weighted by atomic mass is 9.95. The molecule has 1 aromatic heterocycles. The van der Waals surface area contributed by atoms with Gasteiger partial charge in [-0.25, -0.2) is 10.5 Å². The fraction of sp³-hybridized carbons (Fsp3) is 0.103. The number of benzene rings is 4. The third-order valence-corrected chi connectivity index (χ3v) is 7.31. The van der Waals surface area contributed by atoms with Gasteiger partial charge in [0.2, 0.25) is 0 Å². The summed E-state index contributed by atoms with van der Waals surface area (Å²) in [6.07, 6.45) is 1.48. The highest BCUT2D eigenvalue weighted by Gasteiger charge is 2.15. The van der Waals surface area contributed by atoms with Crippen LogP contribution in [-0.4, -0.2) is 32.7 Å². The third kappa shape index (κ3) is 5.93. The monoisotopic (exact) mass is 540 g/mol. The number of hydroxylamine groups is 1. The molecule has 5 rings (SSSR count). The van der Waals surface area contributed by atoms with E-state index in [9.17, 15) is 20.0 Å². The molecule has 0 aliphatic rings. The molecule has 1 atom stereocenters. The first-order chi connectivity index (χ1) is 18.9. The van der Waals surface area contributed by atoms with Crippen molar-refractivity contribution in [1.29, 1.82) is 0 Å². The second kappa shape index (κ2) is 11.4. The Kier molecular flexibility index (Phi) is 7.60. The summed E-state index contributed by atoms with van der Waals surface area (Å²) in [5, 5.41) is 37.2. The minimum atomic E-state index is -0.776. The van der Waals surface area contributed by atoms with E-state index < -0.39 is 16.9 Å². The van der Waals surface area contributed by atoms with Gasteiger partial charge < -0.3 is 10.4 Å². The highest BCUT2D eigenvalue weighted by Crippen LogP contribution is 2.31. The van der Waals surface area contributed by atoms with Crippen molar-refractivity contribution in [2.24, 2.45) is 0 Å². The minimum absolute atomic E-state index is 0.00909. The van der Waals surface area contributed by atoms with Crippen LogP contribution in [0.15, 0.2) is 90.5 Å². The summed E-state index contributed by atoms with van der Waals surface area (Å²) in [4.78, 5) is 26.9. The van der Waals surface area contributed by atoms with Gasteiger partial charge in [-0.1, -0.05) is 72.0 Å². The van der Waals surface area contributed by atoms with E-state index in [0.29, 0.717) is 33.9 Å². The first-order valence-corrected chi connectivity index (χ1v) is 12.9. The van der Waals surface area contributed by atoms with Crippen molar-refractivity contribution in [3.63, 3.8) is 0 Å². The van der Waals surface area contributed by atoms with Crippen molar-refractivity contribution in [3.05, 3.63) is 117 Å². The molecule has 4 aromatic carbocycles. The van der Waals surface area contributed by atoms with Crippen LogP contribution in [0.5, 0.6) is 0 Å². The number of aromatic nitrogens is 1. The highest BCUT2D eigenvalue weighted by atomic mass is 32.1. The molecule has 0 aliphatic heterocycles. The van der Waals surface area contributed by atoms with Crippen LogP contribution >= 0.6 is 11.3 Å². The number of thiazole rings is 1. The van der Waals surface area contributed by atoms with Crippen molar-refractivity contribution in [1.82, 2.24) is 10.5 Å². The zero-order valence-electron chi connectivity index (χ0n) is 20.6. The molecule has 0 fully saturated rings. The molecule has 0 aliphatic carbocycles. The normalized spacial score (nSPS) is 12.4. The SMILES string of the molecule is O=C(NO)c1ccc(C=C(CNc2nc3ccc([N+](=O)[O-])cc3s2)CC(O)c2cccc3ccccc23)cc1. The molecule has 4 N–H and O–H groups in total. The molecule has 0 spiro atoms. The van der Waals surface area contributed by atoms with Crippen molar-refractivity contribution >= 4 is 55.1 Å². The number of nitro groups is 1. The number of aliphatic hydroxyl groups excluding tert-OH is 1. The first kappa shape index (κ1) is 26.0.